The fourth-order valence-electron chi connectivity index (χ4n) is 2.17. The van der Waals surface area contributed by atoms with E-state index in [1.165, 1.54) is 7.11 Å². The molecule has 1 aromatic rings. The van der Waals surface area contributed by atoms with Crippen LogP contribution in [0.15, 0.2) is 24.3 Å². The van der Waals surface area contributed by atoms with Gasteiger partial charge in [0.2, 0.25) is 0 Å². The summed E-state index contributed by atoms with van der Waals surface area (Å²) in [4.78, 5) is 36.7. The van der Waals surface area contributed by atoms with Gasteiger partial charge in [-0.1, -0.05) is 12.1 Å². The first-order valence-corrected chi connectivity index (χ1v) is 7.12. The molecule has 0 bridgehead atoms. The number of amides is 2. The third kappa shape index (κ3) is 4.00. The quantitative estimate of drug-likeness (QED) is 0.615. The maximum atomic E-state index is 12.3. The van der Waals surface area contributed by atoms with Crippen LogP contribution in [0.25, 0.3) is 0 Å². The molecule has 1 aliphatic rings. The monoisotopic (exact) mass is 321 g/mol. The average Bonchev–Trinajstić information content (AvgIpc) is 2.44. The second-order valence-electron chi connectivity index (χ2n) is 6.08. The van der Waals surface area contributed by atoms with E-state index < -0.39 is 29.8 Å². The van der Waals surface area contributed by atoms with Crippen molar-refractivity contribution in [3.8, 4) is 5.75 Å². The van der Waals surface area contributed by atoms with Crippen LogP contribution in [-0.2, 0) is 14.3 Å². The molecule has 0 aliphatic carbocycles. The Morgan fingerprint density at radius 3 is 2.35 bits per heavy atom. The number of hydrogen-bond acceptors (Lipinski definition) is 6. The van der Waals surface area contributed by atoms with Gasteiger partial charge in [0.15, 0.2) is 0 Å². The lowest BCUT2D eigenvalue weighted by atomic mass is 10.0. The van der Waals surface area contributed by atoms with Crippen LogP contribution in [0.1, 0.15) is 38.8 Å². The van der Waals surface area contributed by atoms with Crippen molar-refractivity contribution < 1.29 is 28.6 Å². The summed E-state index contributed by atoms with van der Waals surface area (Å²) in [5.74, 6) is -0.0575. The Morgan fingerprint density at radius 1 is 1.22 bits per heavy atom. The zero-order valence-electron chi connectivity index (χ0n) is 13.5. The highest BCUT2D eigenvalue weighted by atomic mass is 16.6. The number of carbonyl (C=O) groups excluding carboxylic acids is 3. The summed E-state index contributed by atoms with van der Waals surface area (Å²) < 4.78 is 14.9. The molecule has 1 heterocycles. The van der Waals surface area contributed by atoms with E-state index in [0.717, 1.165) is 4.90 Å². The van der Waals surface area contributed by atoms with Crippen molar-refractivity contribution in [1.29, 1.82) is 0 Å². The lowest BCUT2D eigenvalue weighted by Gasteiger charge is -2.33. The predicted octanol–water partition coefficient (Wildman–Crippen LogP) is 3.04. The van der Waals surface area contributed by atoms with E-state index in [1.807, 2.05) is 0 Å². The van der Waals surface area contributed by atoms with E-state index >= 15 is 0 Å². The minimum Gasteiger partial charge on any atom is -0.497 e. The normalized spacial score (nSPS) is 18.4. The molecule has 0 radical (unpaired) electrons. The van der Waals surface area contributed by atoms with Crippen molar-refractivity contribution in [3.05, 3.63) is 29.8 Å². The van der Waals surface area contributed by atoms with E-state index in [9.17, 15) is 14.4 Å². The molecular weight excluding hydrogens is 302 g/mol. The molecule has 23 heavy (non-hydrogen) atoms. The first kappa shape index (κ1) is 16.8. The lowest BCUT2D eigenvalue weighted by Crippen LogP contribution is -2.48. The van der Waals surface area contributed by atoms with Crippen molar-refractivity contribution >= 4 is 18.2 Å². The summed E-state index contributed by atoms with van der Waals surface area (Å²) >= 11 is 0. The first-order valence-electron chi connectivity index (χ1n) is 7.12. The highest BCUT2D eigenvalue weighted by molar-refractivity contribution is 5.97. The number of carbonyl (C=O) groups is 3. The number of benzene rings is 1. The van der Waals surface area contributed by atoms with Gasteiger partial charge in [-0.05, 0) is 38.5 Å². The van der Waals surface area contributed by atoms with Crippen LogP contribution in [0.2, 0.25) is 0 Å². The van der Waals surface area contributed by atoms with Crippen molar-refractivity contribution in [1.82, 2.24) is 4.90 Å². The molecule has 1 saturated heterocycles. The van der Waals surface area contributed by atoms with Gasteiger partial charge in [0.05, 0.1) is 19.6 Å². The number of nitrogens with zero attached hydrogens (tertiary/aromatic N) is 1. The first-order chi connectivity index (χ1) is 10.7. The molecule has 2 amide bonds. The van der Waals surface area contributed by atoms with Crippen LogP contribution >= 0.6 is 0 Å². The Balaban J connectivity index is 2.32. The van der Waals surface area contributed by atoms with Crippen molar-refractivity contribution in [3.63, 3.8) is 0 Å². The third-order valence-corrected chi connectivity index (χ3v) is 3.16. The SMILES string of the molecule is COc1ccc(C2CC(=O)OC(=O)N2C(=O)OC(C)(C)C)cc1. The largest absolute Gasteiger partial charge is 0.497 e. The number of imide groups is 1. The van der Waals surface area contributed by atoms with Gasteiger partial charge in [-0.2, -0.15) is 0 Å². The number of esters is 1. The molecule has 1 unspecified atom stereocenters. The van der Waals surface area contributed by atoms with Crippen LogP contribution in [0.3, 0.4) is 0 Å². The fourth-order valence-corrected chi connectivity index (χ4v) is 2.17. The van der Waals surface area contributed by atoms with Crippen molar-refractivity contribution in [2.45, 2.75) is 38.8 Å². The Kier molecular flexibility index (Phi) is 4.58. The summed E-state index contributed by atoms with van der Waals surface area (Å²) in [5.41, 5.74) is -0.162. The smallest absolute Gasteiger partial charge is 0.427 e. The zero-order chi connectivity index (χ0) is 17.2. The predicted molar refractivity (Wildman–Crippen MR) is 79.9 cm³/mol. The standard InChI is InChI=1S/C16H19NO6/c1-16(2,3)23-15(20)17-12(9-13(18)22-14(17)19)10-5-7-11(21-4)8-6-10/h5-8,12H,9H2,1-4H3. The van der Waals surface area contributed by atoms with E-state index in [1.54, 1.807) is 45.0 Å². The van der Waals surface area contributed by atoms with E-state index in [0.29, 0.717) is 11.3 Å². The van der Waals surface area contributed by atoms with Crippen LogP contribution in [-0.4, -0.2) is 35.8 Å². The number of cyclic esters (lactones) is 2. The van der Waals surface area contributed by atoms with Gasteiger partial charge < -0.3 is 14.2 Å². The molecule has 7 nitrogen and oxygen atoms in total. The summed E-state index contributed by atoms with van der Waals surface area (Å²) in [7, 11) is 1.53. The van der Waals surface area contributed by atoms with Gasteiger partial charge in [-0.25, -0.2) is 14.5 Å². The maximum absolute atomic E-state index is 12.3. The molecule has 0 aromatic heterocycles. The fraction of sp³-hybridized carbons (Fsp3) is 0.438. The van der Waals surface area contributed by atoms with Gasteiger partial charge in [0, 0.05) is 0 Å². The average molecular weight is 321 g/mol. The molecule has 1 atom stereocenters. The Bertz CT molecular complexity index is 616. The molecule has 0 spiro atoms. The summed E-state index contributed by atoms with van der Waals surface area (Å²) in [5, 5.41) is 0. The molecule has 1 aliphatic heterocycles. The third-order valence-electron chi connectivity index (χ3n) is 3.16. The van der Waals surface area contributed by atoms with Gasteiger partial charge in [-0.3, -0.25) is 4.79 Å². The molecule has 0 saturated carbocycles. The highest BCUT2D eigenvalue weighted by Crippen LogP contribution is 2.31. The minimum atomic E-state index is -1.03. The summed E-state index contributed by atoms with van der Waals surface area (Å²) in [6.45, 7) is 5.06. The van der Waals surface area contributed by atoms with E-state index in [-0.39, 0.29) is 6.42 Å². The molecule has 124 valence electrons. The molecule has 7 heteroatoms. The Labute approximate surface area is 134 Å². The highest BCUT2D eigenvalue weighted by Gasteiger charge is 2.42. The van der Waals surface area contributed by atoms with E-state index in [2.05, 4.69) is 4.74 Å². The van der Waals surface area contributed by atoms with Crippen LogP contribution in [0.5, 0.6) is 5.75 Å². The summed E-state index contributed by atoms with van der Waals surface area (Å²) in [6.07, 6.45) is -2.01. The second kappa shape index (κ2) is 6.28. The minimum absolute atomic E-state index is 0.128. The Hall–Kier alpha value is -2.57. The molecule has 2 rings (SSSR count). The van der Waals surface area contributed by atoms with Crippen LogP contribution in [0, 0.1) is 0 Å². The van der Waals surface area contributed by atoms with Crippen molar-refractivity contribution in [2.75, 3.05) is 7.11 Å². The van der Waals surface area contributed by atoms with Gasteiger partial charge in [0.25, 0.3) is 0 Å². The second-order valence-corrected chi connectivity index (χ2v) is 6.08. The molecule has 1 fully saturated rings. The maximum Gasteiger partial charge on any atom is 0.427 e. The van der Waals surface area contributed by atoms with Gasteiger partial charge >= 0.3 is 18.2 Å². The number of ether oxygens (including phenoxy) is 3. The number of rotatable bonds is 2. The lowest BCUT2D eigenvalue weighted by molar-refractivity contribution is -0.143. The molecule has 1 aromatic carbocycles. The van der Waals surface area contributed by atoms with Crippen LogP contribution < -0.4 is 4.74 Å². The Morgan fingerprint density at radius 2 is 1.83 bits per heavy atom. The zero-order valence-corrected chi connectivity index (χ0v) is 13.5. The summed E-state index contributed by atoms with van der Waals surface area (Å²) in [6, 6.07) is 5.98. The van der Waals surface area contributed by atoms with Gasteiger partial charge in [-0.15, -0.1) is 0 Å². The molecular formula is C16H19NO6. The van der Waals surface area contributed by atoms with E-state index in [4.69, 9.17) is 9.47 Å². The number of hydrogen-bond donors (Lipinski definition) is 0. The molecule has 0 N–H and O–H groups in total. The van der Waals surface area contributed by atoms with Gasteiger partial charge in [0.1, 0.15) is 11.4 Å². The van der Waals surface area contributed by atoms with Crippen molar-refractivity contribution in [2.24, 2.45) is 0 Å². The number of methoxy groups -OCH3 is 1. The van der Waals surface area contributed by atoms with Crippen LogP contribution in [0.4, 0.5) is 9.59 Å². The topological polar surface area (TPSA) is 82.1 Å².